The molecule has 6 heteroatoms. The molecule has 3 aromatic rings. The van der Waals surface area contributed by atoms with Crippen molar-refractivity contribution in [1.29, 1.82) is 0 Å². The van der Waals surface area contributed by atoms with Crippen LogP contribution in [-0.4, -0.2) is 35.8 Å². The molecule has 0 aliphatic rings. The average molecular weight is 335 g/mol. The Kier molecular flexibility index (Phi) is 4.61. The highest BCUT2D eigenvalue weighted by Gasteiger charge is 2.15. The van der Waals surface area contributed by atoms with Gasteiger partial charge in [0.05, 0.1) is 17.4 Å². The number of hydrogen-bond acceptors (Lipinski definition) is 4. The van der Waals surface area contributed by atoms with Gasteiger partial charge in [-0.05, 0) is 24.3 Å². The first-order chi connectivity index (χ1) is 12.1. The molecule has 126 valence electrons. The smallest absolute Gasteiger partial charge is 0.255 e. The van der Waals surface area contributed by atoms with Crippen LogP contribution >= 0.6 is 0 Å². The zero-order valence-corrected chi connectivity index (χ0v) is 13.9. The predicted octanol–water partition coefficient (Wildman–Crippen LogP) is 3.30. The predicted molar refractivity (Wildman–Crippen MR) is 94.4 cm³/mol. The van der Waals surface area contributed by atoms with Crippen molar-refractivity contribution in [3.05, 3.63) is 72.2 Å². The van der Waals surface area contributed by atoms with Gasteiger partial charge in [0, 0.05) is 25.2 Å². The Bertz CT molecular complexity index is 885. The van der Waals surface area contributed by atoms with Crippen LogP contribution in [0.2, 0.25) is 0 Å². The van der Waals surface area contributed by atoms with Gasteiger partial charge >= 0.3 is 0 Å². The van der Waals surface area contributed by atoms with Crippen LogP contribution in [-0.2, 0) is 0 Å². The number of aromatic nitrogens is 1. The second kappa shape index (κ2) is 7.00. The second-order valence-corrected chi connectivity index (χ2v) is 5.64. The molecule has 2 amide bonds. The molecule has 0 radical (unpaired) electrons. The lowest BCUT2D eigenvalue weighted by atomic mass is 10.1. The minimum Gasteiger partial charge on any atom is -0.444 e. The first kappa shape index (κ1) is 16.4. The molecule has 25 heavy (non-hydrogen) atoms. The summed E-state index contributed by atoms with van der Waals surface area (Å²) in [5.41, 5.74) is 2.23. The summed E-state index contributed by atoms with van der Waals surface area (Å²) in [6.07, 6.45) is 2.97. The van der Waals surface area contributed by atoms with Crippen LogP contribution in [0.25, 0.3) is 11.3 Å². The van der Waals surface area contributed by atoms with Gasteiger partial charge in [-0.2, -0.15) is 0 Å². The molecule has 1 N–H and O–H groups in total. The quantitative estimate of drug-likeness (QED) is 0.794. The number of oxazole rings is 1. The van der Waals surface area contributed by atoms with Gasteiger partial charge < -0.3 is 14.6 Å². The maximum Gasteiger partial charge on any atom is 0.255 e. The van der Waals surface area contributed by atoms with E-state index < -0.39 is 0 Å². The zero-order valence-electron chi connectivity index (χ0n) is 13.9. The summed E-state index contributed by atoms with van der Waals surface area (Å²) in [7, 11) is 3.34. The Balaban J connectivity index is 1.80. The van der Waals surface area contributed by atoms with E-state index in [1.807, 2.05) is 0 Å². The van der Waals surface area contributed by atoms with Crippen molar-refractivity contribution in [2.75, 3.05) is 19.4 Å². The molecule has 0 atom stereocenters. The highest BCUT2D eigenvalue weighted by Crippen LogP contribution is 2.21. The molecule has 1 heterocycles. The molecule has 0 saturated carbocycles. The third kappa shape index (κ3) is 3.58. The van der Waals surface area contributed by atoms with E-state index in [1.165, 1.54) is 11.3 Å². The van der Waals surface area contributed by atoms with Crippen molar-refractivity contribution in [2.24, 2.45) is 0 Å². The number of hydrogen-bond donors (Lipinski definition) is 1. The number of nitrogens with zero attached hydrogens (tertiary/aromatic N) is 2. The van der Waals surface area contributed by atoms with E-state index in [9.17, 15) is 9.59 Å². The van der Waals surface area contributed by atoms with Gasteiger partial charge in [0.25, 0.3) is 11.8 Å². The fourth-order valence-electron chi connectivity index (χ4n) is 2.36. The summed E-state index contributed by atoms with van der Waals surface area (Å²) in [6.45, 7) is 0. The van der Waals surface area contributed by atoms with Crippen LogP contribution in [0.15, 0.2) is 65.5 Å². The molecule has 0 bridgehead atoms. The number of carbonyl (C=O) groups is 2. The van der Waals surface area contributed by atoms with Gasteiger partial charge in [-0.1, -0.05) is 24.3 Å². The van der Waals surface area contributed by atoms with Crippen molar-refractivity contribution >= 4 is 17.5 Å². The minimum atomic E-state index is -0.289. The first-order valence-electron chi connectivity index (χ1n) is 7.67. The topological polar surface area (TPSA) is 75.4 Å². The van der Waals surface area contributed by atoms with E-state index in [4.69, 9.17) is 4.42 Å². The summed E-state index contributed by atoms with van der Waals surface area (Å²) >= 11 is 0. The average Bonchev–Trinajstić information content (AvgIpc) is 3.16. The molecule has 0 aliphatic heterocycles. The van der Waals surface area contributed by atoms with Crippen LogP contribution in [0.1, 0.15) is 20.7 Å². The third-order valence-electron chi connectivity index (χ3n) is 3.68. The maximum atomic E-state index is 12.5. The number of anilines is 1. The van der Waals surface area contributed by atoms with Crippen LogP contribution in [0.4, 0.5) is 5.69 Å². The monoisotopic (exact) mass is 335 g/mol. The molecule has 0 fully saturated rings. The fraction of sp³-hybridized carbons (Fsp3) is 0.105. The van der Waals surface area contributed by atoms with Gasteiger partial charge in [-0.15, -0.1) is 0 Å². The number of rotatable bonds is 4. The van der Waals surface area contributed by atoms with Gasteiger partial charge in [-0.3, -0.25) is 9.59 Å². The zero-order chi connectivity index (χ0) is 17.8. The van der Waals surface area contributed by atoms with Crippen LogP contribution in [0.5, 0.6) is 0 Å². The van der Waals surface area contributed by atoms with Crippen LogP contribution in [0, 0.1) is 0 Å². The molecule has 6 nitrogen and oxygen atoms in total. The van der Waals surface area contributed by atoms with Crippen LogP contribution in [0.3, 0.4) is 0 Å². The Labute approximate surface area is 145 Å². The largest absolute Gasteiger partial charge is 0.444 e. The highest BCUT2D eigenvalue weighted by molar-refractivity contribution is 6.09. The molecule has 0 spiro atoms. The number of benzene rings is 2. The summed E-state index contributed by atoms with van der Waals surface area (Å²) in [4.78, 5) is 30.0. The van der Waals surface area contributed by atoms with E-state index in [0.29, 0.717) is 22.6 Å². The van der Waals surface area contributed by atoms with E-state index in [2.05, 4.69) is 10.3 Å². The van der Waals surface area contributed by atoms with Crippen LogP contribution < -0.4 is 5.32 Å². The molecule has 2 aromatic carbocycles. The summed E-state index contributed by atoms with van der Waals surface area (Å²) in [5.74, 6) is 0.175. The fourth-order valence-corrected chi connectivity index (χ4v) is 2.36. The lowest BCUT2D eigenvalue weighted by Crippen LogP contribution is -2.24. The van der Waals surface area contributed by atoms with Crippen molar-refractivity contribution in [3.8, 4) is 11.3 Å². The maximum absolute atomic E-state index is 12.5. The van der Waals surface area contributed by atoms with E-state index in [-0.39, 0.29) is 11.8 Å². The van der Waals surface area contributed by atoms with Crippen molar-refractivity contribution in [1.82, 2.24) is 9.88 Å². The van der Waals surface area contributed by atoms with Gasteiger partial charge in [0.1, 0.15) is 0 Å². The Hall–Kier alpha value is -3.41. The molecule has 0 aliphatic carbocycles. The lowest BCUT2D eigenvalue weighted by molar-refractivity contribution is 0.0828. The second-order valence-electron chi connectivity index (χ2n) is 5.64. The summed E-state index contributed by atoms with van der Waals surface area (Å²) in [6, 6.07) is 13.9. The molecule has 1 aromatic heterocycles. The number of nitrogens with one attached hydrogen (secondary N) is 1. The standard InChI is InChI=1S/C19H17N3O3/c1-22(2)19(24)15-5-3-4-6-16(15)21-18(23)14-9-7-13(8-10-14)17-11-20-12-25-17/h3-12H,1-2H3,(H,21,23). The van der Waals surface area contributed by atoms with E-state index in [0.717, 1.165) is 5.56 Å². The molecule has 0 saturated heterocycles. The molecular formula is C19H17N3O3. The molecule has 3 rings (SSSR count). The highest BCUT2D eigenvalue weighted by atomic mass is 16.3. The van der Waals surface area contributed by atoms with Crippen molar-refractivity contribution < 1.29 is 14.0 Å². The number of amides is 2. The summed E-state index contributed by atoms with van der Waals surface area (Å²) < 4.78 is 5.23. The van der Waals surface area contributed by atoms with Crippen molar-refractivity contribution in [3.63, 3.8) is 0 Å². The number of carbonyl (C=O) groups excluding carboxylic acids is 2. The Morgan fingerprint density at radius 3 is 2.40 bits per heavy atom. The SMILES string of the molecule is CN(C)C(=O)c1ccccc1NC(=O)c1ccc(-c2cnco2)cc1. The molecule has 0 unspecified atom stereocenters. The van der Waals surface area contributed by atoms with Gasteiger partial charge in [0.15, 0.2) is 12.2 Å². The Morgan fingerprint density at radius 2 is 1.76 bits per heavy atom. The van der Waals surface area contributed by atoms with Gasteiger partial charge in [0.2, 0.25) is 0 Å². The molecular weight excluding hydrogens is 318 g/mol. The lowest BCUT2D eigenvalue weighted by Gasteiger charge is -2.14. The summed E-state index contributed by atoms with van der Waals surface area (Å²) in [5, 5.41) is 2.79. The Morgan fingerprint density at radius 1 is 1.04 bits per heavy atom. The number of para-hydroxylation sites is 1. The minimum absolute atomic E-state index is 0.170. The first-order valence-corrected chi connectivity index (χ1v) is 7.67. The van der Waals surface area contributed by atoms with E-state index in [1.54, 1.807) is 68.8 Å². The van der Waals surface area contributed by atoms with E-state index >= 15 is 0 Å². The van der Waals surface area contributed by atoms with Gasteiger partial charge in [-0.25, -0.2) is 4.98 Å². The van der Waals surface area contributed by atoms with Crippen molar-refractivity contribution in [2.45, 2.75) is 0 Å². The third-order valence-corrected chi connectivity index (χ3v) is 3.68. The normalized spacial score (nSPS) is 10.3.